The Bertz CT molecular complexity index is 625. The number of nitrogens with zero attached hydrogens (tertiary/aromatic N) is 1. The van der Waals surface area contributed by atoms with E-state index in [1.807, 2.05) is 4.57 Å². The fraction of sp³-hybridized carbons (Fsp3) is 0.400. The quantitative estimate of drug-likeness (QED) is 0.746. The lowest BCUT2D eigenvalue weighted by atomic mass is 10.0. The second kappa shape index (κ2) is 4.77. The van der Waals surface area contributed by atoms with Gasteiger partial charge in [-0.15, -0.1) is 0 Å². The van der Waals surface area contributed by atoms with Gasteiger partial charge in [-0.3, -0.25) is 4.79 Å². The van der Waals surface area contributed by atoms with Gasteiger partial charge in [0.15, 0.2) is 5.78 Å². The molecule has 0 aliphatic carbocycles. The first-order valence-corrected chi connectivity index (χ1v) is 6.65. The Morgan fingerprint density at radius 3 is 2.44 bits per heavy atom. The van der Waals surface area contributed by atoms with E-state index in [1.165, 1.54) is 11.1 Å². The monoisotopic (exact) mass is 263 g/mol. The van der Waals surface area contributed by atoms with Crippen molar-refractivity contribution in [2.45, 2.75) is 40.7 Å². The van der Waals surface area contributed by atoms with Gasteiger partial charge in [-0.05, 0) is 50.5 Å². The molecule has 2 rings (SSSR count). The van der Waals surface area contributed by atoms with Crippen molar-refractivity contribution in [2.75, 3.05) is 0 Å². The van der Waals surface area contributed by atoms with Crippen LogP contribution in [0.1, 0.15) is 41.8 Å². The molecule has 18 heavy (non-hydrogen) atoms. The molecule has 1 heterocycles. The van der Waals surface area contributed by atoms with E-state index in [-0.39, 0.29) is 5.78 Å². The number of halogens is 1. The van der Waals surface area contributed by atoms with Crippen LogP contribution in [0.4, 0.5) is 0 Å². The van der Waals surface area contributed by atoms with Crippen molar-refractivity contribution < 1.29 is 4.79 Å². The summed E-state index contributed by atoms with van der Waals surface area (Å²) in [5.41, 5.74) is 4.14. The fourth-order valence-electron chi connectivity index (χ4n) is 2.35. The molecule has 1 aromatic heterocycles. The summed E-state index contributed by atoms with van der Waals surface area (Å²) in [5.74, 6) is 0.0307. The molecule has 0 fully saturated rings. The number of carbonyl (C=O) groups excluding carboxylic acids is 1. The molecule has 1 aromatic carbocycles. The summed E-state index contributed by atoms with van der Waals surface area (Å²) in [7, 11) is 0. The first kappa shape index (κ1) is 13.2. The Morgan fingerprint density at radius 2 is 1.89 bits per heavy atom. The Hall–Kier alpha value is -1.28. The fourth-order valence-corrected chi connectivity index (χ4v) is 2.76. The SMILES string of the molecule is CCCn1c(Cl)c(C(C)=O)c2cc(C)c(C)cc21. The van der Waals surface area contributed by atoms with Crippen molar-refractivity contribution in [3.63, 3.8) is 0 Å². The molecule has 0 amide bonds. The van der Waals surface area contributed by atoms with Gasteiger partial charge in [-0.25, -0.2) is 0 Å². The molecule has 0 aliphatic rings. The normalized spacial score (nSPS) is 11.2. The van der Waals surface area contributed by atoms with Crippen LogP contribution in [-0.4, -0.2) is 10.4 Å². The molecule has 96 valence electrons. The third kappa shape index (κ3) is 1.95. The maximum atomic E-state index is 11.8. The average Bonchev–Trinajstić information content (AvgIpc) is 2.54. The van der Waals surface area contributed by atoms with Crippen LogP contribution in [-0.2, 0) is 6.54 Å². The van der Waals surface area contributed by atoms with Gasteiger partial charge in [-0.2, -0.15) is 0 Å². The van der Waals surface area contributed by atoms with Gasteiger partial charge in [0.2, 0.25) is 0 Å². The van der Waals surface area contributed by atoms with Gasteiger partial charge < -0.3 is 4.57 Å². The summed E-state index contributed by atoms with van der Waals surface area (Å²) in [6.07, 6.45) is 0.994. The minimum absolute atomic E-state index is 0.0307. The van der Waals surface area contributed by atoms with Crippen molar-refractivity contribution in [3.05, 3.63) is 34.0 Å². The Morgan fingerprint density at radius 1 is 1.28 bits per heavy atom. The maximum absolute atomic E-state index is 11.8. The summed E-state index contributed by atoms with van der Waals surface area (Å²) in [5, 5.41) is 1.55. The largest absolute Gasteiger partial charge is 0.331 e. The maximum Gasteiger partial charge on any atom is 0.163 e. The molecule has 0 spiro atoms. The topological polar surface area (TPSA) is 22.0 Å². The summed E-state index contributed by atoms with van der Waals surface area (Å²) in [6, 6.07) is 4.19. The van der Waals surface area contributed by atoms with E-state index in [0.717, 1.165) is 23.9 Å². The number of aryl methyl sites for hydroxylation is 3. The highest BCUT2D eigenvalue weighted by Gasteiger charge is 2.19. The molecule has 0 atom stereocenters. The number of carbonyl (C=O) groups is 1. The number of hydrogen-bond acceptors (Lipinski definition) is 1. The smallest absolute Gasteiger partial charge is 0.163 e. The van der Waals surface area contributed by atoms with Crippen molar-refractivity contribution in [2.24, 2.45) is 0 Å². The van der Waals surface area contributed by atoms with E-state index >= 15 is 0 Å². The van der Waals surface area contributed by atoms with E-state index in [1.54, 1.807) is 6.92 Å². The predicted octanol–water partition coefficient (Wildman–Crippen LogP) is 4.52. The zero-order chi connectivity index (χ0) is 13.4. The van der Waals surface area contributed by atoms with E-state index in [4.69, 9.17) is 11.6 Å². The Labute approximate surface area is 113 Å². The van der Waals surface area contributed by atoms with Crippen molar-refractivity contribution in [3.8, 4) is 0 Å². The highest BCUT2D eigenvalue weighted by molar-refractivity contribution is 6.35. The molecular weight excluding hydrogens is 246 g/mol. The van der Waals surface area contributed by atoms with E-state index < -0.39 is 0 Å². The van der Waals surface area contributed by atoms with Crippen LogP contribution in [0.5, 0.6) is 0 Å². The lowest BCUT2D eigenvalue weighted by Gasteiger charge is -2.06. The van der Waals surface area contributed by atoms with Gasteiger partial charge in [0.25, 0.3) is 0 Å². The third-order valence-corrected chi connectivity index (χ3v) is 3.81. The van der Waals surface area contributed by atoms with Crippen molar-refractivity contribution in [1.82, 2.24) is 4.57 Å². The first-order valence-electron chi connectivity index (χ1n) is 6.27. The second-order valence-corrected chi connectivity index (χ2v) is 5.19. The van der Waals surface area contributed by atoms with Gasteiger partial charge >= 0.3 is 0 Å². The summed E-state index contributed by atoms with van der Waals surface area (Å²) >= 11 is 6.37. The molecule has 2 nitrogen and oxygen atoms in total. The van der Waals surface area contributed by atoms with Crippen LogP contribution in [0.3, 0.4) is 0 Å². The summed E-state index contributed by atoms with van der Waals surface area (Å²) in [4.78, 5) is 11.8. The standard InChI is InChI=1S/C15H18ClNO/c1-5-6-17-13-8-10(3)9(2)7-12(13)14(11(4)18)15(17)16/h7-8H,5-6H2,1-4H3. The number of Topliss-reactive ketones (excluding diaryl/α,β-unsaturated/α-hetero) is 1. The molecular formula is C15H18ClNO. The van der Waals surface area contributed by atoms with Crippen molar-refractivity contribution >= 4 is 28.3 Å². The molecule has 0 saturated heterocycles. The molecule has 0 radical (unpaired) electrons. The van der Waals surface area contributed by atoms with E-state index in [2.05, 4.69) is 32.9 Å². The molecule has 3 heteroatoms. The summed E-state index contributed by atoms with van der Waals surface area (Å²) < 4.78 is 2.04. The Kier molecular flexibility index (Phi) is 3.49. The zero-order valence-electron chi connectivity index (χ0n) is 11.3. The molecule has 2 aromatic rings. The van der Waals surface area contributed by atoms with Crippen LogP contribution < -0.4 is 0 Å². The number of fused-ring (bicyclic) bond motifs is 1. The lowest BCUT2D eigenvalue weighted by Crippen LogP contribution is -1.98. The summed E-state index contributed by atoms with van der Waals surface area (Å²) in [6.45, 7) is 8.66. The predicted molar refractivity (Wildman–Crippen MR) is 76.7 cm³/mol. The first-order chi connectivity index (χ1) is 8.47. The molecule has 0 N–H and O–H groups in total. The average molecular weight is 264 g/mol. The number of benzene rings is 1. The second-order valence-electron chi connectivity index (χ2n) is 4.83. The van der Waals surface area contributed by atoms with Crippen LogP contribution in [0.15, 0.2) is 12.1 Å². The van der Waals surface area contributed by atoms with Gasteiger partial charge in [-0.1, -0.05) is 18.5 Å². The minimum atomic E-state index is 0.0307. The van der Waals surface area contributed by atoms with Gasteiger partial charge in [0, 0.05) is 11.9 Å². The van der Waals surface area contributed by atoms with Crippen molar-refractivity contribution in [1.29, 1.82) is 0 Å². The molecule has 0 bridgehead atoms. The van der Waals surface area contributed by atoms with Crippen LogP contribution in [0.2, 0.25) is 5.15 Å². The van der Waals surface area contributed by atoms with Gasteiger partial charge in [0.05, 0.1) is 11.1 Å². The molecule has 0 unspecified atom stereocenters. The Balaban J connectivity index is 2.88. The van der Waals surface area contributed by atoms with Crippen LogP contribution in [0.25, 0.3) is 10.9 Å². The van der Waals surface area contributed by atoms with Crippen LogP contribution in [0, 0.1) is 13.8 Å². The molecule has 0 aliphatic heterocycles. The van der Waals surface area contributed by atoms with E-state index in [0.29, 0.717) is 10.7 Å². The lowest BCUT2D eigenvalue weighted by molar-refractivity contribution is 0.101. The highest BCUT2D eigenvalue weighted by atomic mass is 35.5. The zero-order valence-corrected chi connectivity index (χ0v) is 12.1. The number of aromatic nitrogens is 1. The van der Waals surface area contributed by atoms with Gasteiger partial charge in [0.1, 0.15) is 5.15 Å². The minimum Gasteiger partial charge on any atom is -0.331 e. The van der Waals surface area contributed by atoms with Crippen LogP contribution >= 0.6 is 11.6 Å². The van der Waals surface area contributed by atoms with E-state index in [9.17, 15) is 4.79 Å². The number of rotatable bonds is 3. The molecule has 0 saturated carbocycles. The highest BCUT2D eigenvalue weighted by Crippen LogP contribution is 2.32. The third-order valence-electron chi connectivity index (χ3n) is 3.41. The number of hydrogen-bond donors (Lipinski definition) is 0. The number of ketones is 1.